The van der Waals surface area contributed by atoms with Crippen LogP contribution in [0, 0.1) is 11.8 Å². The molecule has 0 amide bonds. The maximum absolute atomic E-state index is 11.1. The van der Waals surface area contributed by atoms with Gasteiger partial charge in [-0.2, -0.15) is 5.10 Å². The van der Waals surface area contributed by atoms with Crippen LogP contribution in [0.25, 0.3) is 0 Å². The standard InChI is InChI=1S/C14H22N4O2/c1-3-11-12(4-2)17-18-14(16-11)15-8-9-6-5-7-10(9)13(19)20/h9-10H,3-8H2,1-2H3,(H,19,20)(H,15,16,18). The first-order valence-corrected chi connectivity index (χ1v) is 7.34. The van der Waals surface area contributed by atoms with Crippen LogP contribution < -0.4 is 5.32 Å². The lowest BCUT2D eigenvalue weighted by atomic mass is 9.96. The van der Waals surface area contributed by atoms with Crippen LogP contribution in [-0.2, 0) is 17.6 Å². The van der Waals surface area contributed by atoms with E-state index in [1.807, 2.05) is 13.8 Å². The Kier molecular flexibility index (Phi) is 4.87. The Hall–Kier alpha value is -1.72. The Morgan fingerprint density at radius 3 is 2.65 bits per heavy atom. The van der Waals surface area contributed by atoms with E-state index in [9.17, 15) is 4.79 Å². The minimum Gasteiger partial charge on any atom is -0.481 e. The summed E-state index contributed by atoms with van der Waals surface area (Å²) in [6, 6.07) is 0. The van der Waals surface area contributed by atoms with E-state index in [1.165, 1.54) is 0 Å². The number of rotatable bonds is 6. The third-order valence-corrected chi connectivity index (χ3v) is 4.01. The number of hydrogen-bond acceptors (Lipinski definition) is 5. The summed E-state index contributed by atoms with van der Waals surface area (Å²) in [7, 11) is 0. The zero-order valence-electron chi connectivity index (χ0n) is 12.1. The minimum absolute atomic E-state index is 0.159. The zero-order valence-corrected chi connectivity index (χ0v) is 12.1. The van der Waals surface area contributed by atoms with E-state index in [-0.39, 0.29) is 11.8 Å². The molecule has 1 aromatic rings. The Morgan fingerprint density at radius 1 is 1.25 bits per heavy atom. The van der Waals surface area contributed by atoms with Crippen LogP contribution in [0.5, 0.6) is 0 Å². The van der Waals surface area contributed by atoms with Crippen LogP contribution in [0.1, 0.15) is 44.5 Å². The van der Waals surface area contributed by atoms with Crippen molar-refractivity contribution in [3.8, 4) is 0 Å². The molecule has 1 fully saturated rings. The van der Waals surface area contributed by atoms with Gasteiger partial charge in [-0.25, -0.2) is 4.98 Å². The highest BCUT2D eigenvalue weighted by molar-refractivity contribution is 5.70. The molecule has 0 radical (unpaired) electrons. The highest BCUT2D eigenvalue weighted by Gasteiger charge is 2.32. The van der Waals surface area contributed by atoms with E-state index in [4.69, 9.17) is 5.11 Å². The van der Waals surface area contributed by atoms with E-state index in [2.05, 4.69) is 20.5 Å². The van der Waals surface area contributed by atoms with E-state index in [1.54, 1.807) is 0 Å². The summed E-state index contributed by atoms with van der Waals surface area (Å²) < 4.78 is 0. The first kappa shape index (κ1) is 14.7. The first-order chi connectivity index (χ1) is 9.65. The third kappa shape index (κ3) is 3.23. The van der Waals surface area contributed by atoms with Crippen molar-refractivity contribution < 1.29 is 9.90 Å². The molecule has 1 aliphatic carbocycles. The average Bonchev–Trinajstić information content (AvgIpc) is 2.93. The summed E-state index contributed by atoms with van der Waals surface area (Å²) in [5.74, 6) is -0.262. The summed E-state index contributed by atoms with van der Waals surface area (Å²) >= 11 is 0. The normalized spacial score (nSPS) is 21.9. The summed E-state index contributed by atoms with van der Waals surface area (Å²) in [6.07, 6.45) is 4.36. The van der Waals surface area contributed by atoms with Gasteiger partial charge in [-0.15, -0.1) is 5.10 Å². The van der Waals surface area contributed by atoms with Gasteiger partial charge < -0.3 is 10.4 Å². The molecule has 1 aromatic heterocycles. The van der Waals surface area contributed by atoms with Gasteiger partial charge in [0.15, 0.2) is 0 Å². The lowest BCUT2D eigenvalue weighted by Crippen LogP contribution is -2.25. The summed E-state index contributed by atoms with van der Waals surface area (Å²) in [5, 5.41) is 20.6. The maximum atomic E-state index is 11.1. The molecule has 1 aliphatic rings. The van der Waals surface area contributed by atoms with Crippen molar-refractivity contribution in [2.75, 3.05) is 11.9 Å². The molecule has 0 aromatic carbocycles. The van der Waals surface area contributed by atoms with E-state index >= 15 is 0 Å². The lowest BCUT2D eigenvalue weighted by molar-refractivity contribution is -0.142. The number of carbonyl (C=O) groups is 1. The van der Waals surface area contributed by atoms with Crippen molar-refractivity contribution in [1.29, 1.82) is 0 Å². The van der Waals surface area contributed by atoms with E-state index in [0.717, 1.165) is 43.5 Å². The predicted octanol–water partition coefficient (Wildman–Crippen LogP) is 1.91. The number of aliphatic carboxylic acids is 1. The predicted molar refractivity (Wildman–Crippen MR) is 75.5 cm³/mol. The molecule has 1 saturated carbocycles. The van der Waals surface area contributed by atoms with Crippen molar-refractivity contribution in [2.45, 2.75) is 46.0 Å². The first-order valence-electron chi connectivity index (χ1n) is 7.34. The van der Waals surface area contributed by atoms with Crippen LogP contribution in [0.15, 0.2) is 0 Å². The Balaban J connectivity index is 1.98. The Morgan fingerprint density at radius 2 is 2.00 bits per heavy atom. The molecule has 2 N–H and O–H groups in total. The smallest absolute Gasteiger partial charge is 0.306 e. The maximum Gasteiger partial charge on any atom is 0.306 e. The van der Waals surface area contributed by atoms with Crippen molar-refractivity contribution in [2.24, 2.45) is 11.8 Å². The topological polar surface area (TPSA) is 88.0 Å². The molecule has 20 heavy (non-hydrogen) atoms. The molecular formula is C14H22N4O2. The lowest BCUT2D eigenvalue weighted by Gasteiger charge is -2.16. The molecule has 110 valence electrons. The molecule has 6 nitrogen and oxygen atoms in total. The van der Waals surface area contributed by atoms with Gasteiger partial charge in [0.25, 0.3) is 0 Å². The van der Waals surface area contributed by atoms with Crippen LogP contribution in [0.2, 0.25) is 0 Å². The number of hydrogen-bond donors (Lipinski definition) is 2. The molecule has 2 unspecified atom stereocenters. The number of aromatic nitrogens is 3. The average molecular weight is 278 g/mol. The molecule has 1 heterocycles. The molecule has 0 bridgehead atoms. The second-order valence-electron chi connectivity index (χ2n) is 5.25. The van der Waals surface area contributed by atoms with Gasteiger partial charge in [0, 0.05) is 6.54 Å². The number of nitrogens with one attached hydrogen (secondary N) is 1. The quantitative estimate of drug-likeness (QED) is 0.826. The number of aryl methyl sites for hydroxylation is 2. The number of carboxylic acid groups (broad SMARTS) is 1. The van der Waals surface area contributed by atoms with Gasteiger partial charge in [-0.1, -0.05) is 20.3 Å². The fraction of sp³-hybridized carbons (Fsp3) is 0.714. The van der Waals surface area contributed by atoms with E-state index < -0.39 is 5.97 Å². The largest absolute Gasteiger partial charge is 0.481 e. The SMILES string of the molecule is CCc1nnc(NCC2CCCC2C(=O)O)nc1CC. The monoisotopic (exact) mass is 278 g/mol. The molecule has 2 rings (SSSR count). The van der Waals surface area contributed by atoms with Gasteiger partial charge in [0.2, 0.25) is 5.95 Å². The summed E-state index contributed by atoms with van der Waals surface area (Å²) in [4.78, 5) is 15.6. The molecule has 0 saturated heterocycles. The summed E-state index contributed by atoms with van der Waals surface area (Å²) in [6.45, 7) is 4.69. The van der Waals surface area contributed by atoms with Crippen molar-refractivity contribution >= 4 is 11.9 Å². The number of nitrogens with zero attached hydrogens (tertiary/aromatic N) is 3. The van der Waals surface area contributed by atoms with Gasteiger partial charge in [0.05, 0.1) is 17.3 Å². The van der Waals surface area contributed by atoms with Gasteiger partial charge in [-0.05, 0) is 31.6 Å². The van der Waals surface area contributed by atoms with Crippen molar-refractivity contribution in [3.05, 3.63) is 11.4 Å². The second kappa shape index (κ2) is 6.63. The molecule has 2 atom stereocenters. The number of carboxylic acids is 1. The van der Waals surface area contributed by atoms with Crippen LogP contribution in [-0.4, -0.2) is 32.8 Å². The highest BCUT2D eigenvalue weighted by Crippen LogP contribution is 2.31. The minimum atomic E-state index is -0.691. The fourth-order valence-electron chi connectivity index (χ4n) is 2.84. The highest BCUT2D eigenvalue weighted by atomic mass is 16.4. The Labute approximate surface area is 119 Å². The second-order valence-corrected chi connectivity index (χ2v) is 5.25. The van der Waals surface area contributed by atoms with Gasteiger partial charge in [-0.3, -0.25) is 4.79 Å². The Bertz CT molecular complexity index is 478. The fourth-order valence-corrected chi connectivity index (χ4v) is 2.84. The van der Waals surface area contributed by atoms with Crippen molar-refractivity contribution in [1.82, 2.24) is 15.2 Å². The molecule has 0 spiro atoms. The van der Waals surface area contributed by atoms with Crippen LogP contribution in [0.4, 0.5) is 5.95 Å². The molecule has 0 aliphatic heterocycles. The van der Waals surface area contributed by atoms with Crippen LogP contribution in [0.3, 0.4) is 0 Å². The summed E-state index contributed by atoms with van der Waals surface area (Å²) in [5.41, 5.74) is 1.90. The van der Waals surface area contributed by atoms with Crippen LogP contribution >= 0.6 is 0 Å². The van der Waals surface area contributed by atoms with Crippen molar-refractivity contribution in [3.63, 3.8) is 0 Å². The van der Waals surface area contributed by atoms with Gasteiger partial charge in [0.1, 0.15) is 0 Å². The number of anilines is 1. The van der Waals surface area contributed by atoms with Gasteiger partial charge >= 0.3 is 5.97 Å². The van der Waals surface area contributed by atoms with E-state index in [0.29, 0.717) is 12.5 Å². The molecule has 6 heteroatoms. The third-order valence-electron chi connectivity index (χ3n) is 4.01. The molecular weight excluding hydrogens is 256 g/mol. The zero-order chi connectivity index (χ0) is 14.5.